The molecule has 1 saturated heterocycles. The third-order valence-corrected chi connectivity index (χ3v) is 9.33. The maximum Gasteiger partial charge on any atom is 0.222 e. The summed E-state index contributed by atoms with van der Waals surface area (Å²) in [6, 6.07) is 0.453. The van der Waals surface area contributed by atoms with Crippen LogP contribution in [-0.2, 0) is 9.53 Å². The molecular formula is C24H41NO2. The molecular weight excluding hydrogens is 334 g/mol. The smallest absolute Gasteiger partial charge is 0.222 e. The summed E-state index contributed by atoms with van der Waals surface area (Å²) in [5, 5.41) is 0. The monoisotopic (exact) mass is 375 g/mol. The lowest BCUT2D eigenvalue weighted by Gasteiger charge is -2.63. The Morgan fingerprint density at radius 2 is 1.93 bits per heavy atom. The van der Waals surface area contributed by atoms with E-state index in [4.69, 9.17) is 4.74 Å². The van der Waals surface area contributed by atoms with Gasteiger partial charge in [0, 0.05) is 26.1 Å². The van der Waals surface area contributed by atoms with E-state index >= 15 is 0 Å². The molecule has 8 atom stereocenters. The molecule has 3 heteroatoms. The first-order valence-electron chi connectivity index (χ1n) is 11.5. The van der Waals surface area contributed by atoms with Gasteiger partial charge in [0.1, 0.15) is 0 Å². The van der Waals surface area contributed by atoms with Crippen LogP contribution in [0, 0.1) is 40.4 Å². The van der Waals surface area contributed by atoms with E-state index in [1.54, 1.807) is 0 Å². The van der Waals surface area contributed by atoms with E-state index in [-0.39, 0.29) is 0 Å². The van der Waals surface area contributed by atoms with Gasteiger partial charge in [-0.3, -0.25) is 4.79 Å². The summed E-state index contributed by atoms with van der Waals surface area (Å²) >= 11 is 0. The fourth-order valence-corrected chi connectivity index (χ4v) is 7.91. The Balaban J connectivity index is 1.58. The first-order chi connectivity index (χ1) is 12.7. The van der Waals surface area contributed by atoms with E-state index in [9.17, 15) is 4.79 Å². The normalized spacial score (nSPS) is 49.7. The van der Waals surface area contributed by atoms with Gasteiger partial charge in [0.15, 0.2) is 0 Å². The quantitative estimate of drug-likeness (QED) is 0.684. The Hall–Kier alpha value is -0.570. The lowest BCUT2D eigenvalue weighted by atomic mass is 9.45. The molecule has 0 N–H and O–H groups in total. The number of piperidine rings is 1. The van der Waals surface area contributed by atoms with E-state index in [1.807, 2.05) is 0 Å². The first-order valence-corrected chi connectivity index (χ1v) is 11.5. The minimum absolute atomic E-state index is 0.318. The van der Waals surface area contributed by atoms with Crippen molar-refractivity contribution in [2.45, 2.75) is 91.7 Å². The van der Waals surface area contributed by atoms with Crippen molar-refractivity contribution >= 4 is 5.91 Å². The lowest BCUT2D eigenvalue weighted by Crippen LogP contribution is -2.62. The van der Waals surface area contributed by atoms with E-state index < -0.39 is 0 Å². The fourth-order valence-electron chi connectivity index (χ4n) is 7.91. The van der Waals surface area contributed by atoms with Crippen LogP contribution in [0.3, 0.4) is 0 Å². The van der Waals surface area contributed by atoms with Gasteiger partial charge in [-0.2, -0.15) is 0 Å². The molecule has 3 aliphatic carbocycles. The predicted molar refractivity (Wildman–Crippen MR) is 109 cm³/mol. The SMILES string of the molecule is CC(C)CO[C@H]1CC2C3C(CC[C@]2(C)C1)[C@@]1(C)CCC(=O)N(C)C1C[C@@H]3C. The van der Waals surface area contributed by atoms with Crippen molar-refractivity contribution in [1.29, 1.82) is 0 Å². The molecule has 0 bridgehead atoms. The standard InChI is InChI=1S/C24H41NO2/c1-15(2)14-27-17-12-19-22-16(3)11-20-24(5,10-8-21(26)25(20)6)18(22)7-9-23(19,4)13-17/h15-20,22H,7-14H2,1-6H3/t16-,17-,18?,19?,20?,22?,23+,24+/m0/s1. The highest BCUT2D eigenvalue weighted by atomic mass is 16.5. The van der Waals surface area contributed by atoms with Gasteiger partial charge in [-0.05, 0) is 78.9 Å². The van der Waals surface area contributed by atoms with Gasteiger partial charge in [0.25, 0.3) is 0 Å². The molecule has 1 heterocycles. The van der Waals surface area contributed by atoms with Crippen LogP contribution >= 0.6 is 0 Å². The zero-order valence-corrected chi connectivity index (χ0v) is 18.5. The zero-order valence-electron chi connectivity index (χ0n) is 18.5. The molecule has 27 heavy (non-hydrogen) atoms. The Morgan fingerprint density at radius 1 is 1.19 bits per heavy atom. The number of carbonyl (C=O) groups is 1. The minimum atomic E-state index is 0.318. The Morgan fingerprint density at radius 3 is 2.63 bits per heavy atom. The van der Waals surface area contributed by atoms with E-state index in [0.29, 0.717) is 34.8 Å². The average molecular weight is 376 g/mol. The second-order valence-corrected chi connectivity index (χ2v) is 11.5. The molecule has 0 aromatic rings. The molecule has 4 unspecified atom stereocenters. The number of hydrogen-bond donors (Lipinski definition) is 0. The van der Waals surface area contributed by atoms with Gasteiger partial charge in [0.05, 0.1) is 6.10 Å². The number of rotatable bonds is 3. The van der Waals surface area contributed by atoms with Gasteiger partial charge in [-0.15, -0.1) is 0 Å². The highest BCUT2D eigenvalue weighted by molar-refractivity contribution is 5.77. The van der Waals surface area contributed by atoms with Gasteiger partial charge >= 0.3 is 0 Å². The van der Waals surface area contributed by atoms with E-state index in [0.717, 1.165) is 43.1 Å². The molecule has 1 amide bonds. The van der Waals surface area contributed by atoms with Crippen LogP contribution < -0.4 is 0 Å². The predicted octanol–water partition coefficient (Wildman–Crippen LogP) is 5.14. The largest absolute Gasteiger partial charge is 0.378 e. The van der Waals surface area contributed by atoms with Crippen LogP contribution in [0.4, 0.5) is 0 Å². The van der Waals surface area contributed by atoms with Crippen molar-refractivity contribution in [3.63, 3.8) is 0 Å². The van der Waals surface area contributed by atoms with E-state index in [2.05, 4.69) is 46.6 Å². The number of nitrogens with zero attached hydrogens (tertiary/aromatic N) is 1. The molecule has 154 valence electrons. The highest BCUT2D eigenvalue weighted by Crippen LogP contribution is 2.66. The average Bonchev–Trinajstić information content (AvgIpc) is 2.95. The zero-order chi connectivity index (χ0) is 19.6. The number of ether oxygens (including phenoxy) is 1. The second kappa shape index (κ2) is 6.75. The molecule has 4 fully saturated rings. The molecule has 0 aromatic heterocycles. The maximum absolute atomic E-state index is 12.4. The molecule has 4 aliphatic rings. The third kappa shape index (κ3) is 3.07. The summed E-state index contributed by atoms with van der Waals surface area (Å²) in [5.74, 6) is 4.12. The Kier molecular flexibility index (Phi) is 4.93. The van der Waals surface area contributed by atoms with Crippen LogP contribution in [0.25, 0.3) is 0 Å². The second-order valence-electron chi connectivity index (χ2n) is 11.5. The Bertz CT molecular complexity index is 589. The van der Waals surface area contributed by atoms with Gasteiger partial charge in [-0.25, -0.2) is 0 Å². The van der Waals surface area contributed by atoms with Crippen molar-refractivity contribution < 1.29 is 9.53 Å². The van der Waals surface area contributed by atoms with Crippen molar-refractivity contribution in [2.75, 3.05) is 13.7 Å². The van der Waals surface area contributed by atoms with Gasteiger partial charge < -0.3 is 9.64 Å². The first kappa shape index (κ1) is 19.7. The number of carbonyl (C=O) groups excluding carboxylic acids is 1. The summed E-state index contributed by atoms with van der Waals surface area (Å²) < 4.78 is 6.35. The van der Waals surface area contributed by atoms with Crippen LogP contribution in [-0.4, -0.2) is 36.6 Å². The molecule has 0 spiro atoms. The van der Waals surface area contributed by atoms with Crippen molar-refractivity contribution in [3.05, 3.63) is 0 Å². The summed E-state index contributed by atoms with van der Waals surface area (Å²) in [6.07, 6.45) is 8.76. The van der Waals surface area contributed by atoms with Gasteiger partial charge in [-0.1, -0.05) is 34.6 Å². The van der Waals surface area contributed by atoms with Gasteiger partial charge in [0.2, 0.25) is 5.91 Å². The molecule has 4 rings (SSSR count). The topological polar surface area (TPSA) is 29.5 Å². The van der Waals surface area contributed by atoms with Crippen LogP contribution in [0.5, 0.6) is 0 Å². The summed E-state index contributed by atoms with van der Waals surface area (Å²) in [7, 11) is 2.07. The molecule has 0 radical (unpaired) electrons. The number of fused-ring (bicyclic) bond motifs is 5. The maximum atomic E-state index is 12.4. The minimum Gasteiger partial charge on any atom is -0.378 e. The summed E-state index contributed by atoms with van der Waals surface area (Å²) in [4.78, 5) is 14.5. The van der Waals surface area contributed by atoms with Crippen molar-refractivity contribution in [2.24, 2.45) is 40.4 Å². The fraction of sp³-hybridized carbons (Fsp3) is 0.958. The molecule has 1 aliphatic heterocycles. The van der Waals surface area contributed by atoms with Crippen LogP contribution in [0.2, 0.25) is 0 Å². The highest BCUT2D eigenvalue weighted by Gasteiger charge is 2.62. The van der Waals surface area contributed by atoms with Crippen molar-refractivity contribution in [3.8, 4) is 0 Å². The Labute approximate surface area is 166 Å². The van der Waals surface area contributed by atoms with Crippen LogP contribution in [0.1, 0.15) is 79.6 Å². The van der Waals surface area contributed by atoms with E-state index in [1.165, 1.54) is 32.1 Å². The molecule has 3 saturated carbocycles. The third-order valence-electron chi connectivity index (χ3n) is 9.33. The number of amides is 1. The van der Waals surface area contributed by atoms with Crippen LogP contribution in [0.15, 0.2) is 0 Å². The lowest BCUT2D eigenvalue weighted by molar-refractivity contribution is -0.164. The summed E-state index contributed by atoms with van der Waals surface area (Å²) in [6.45, 7) is 13.0. The molecule has 3 nitrogen and oxygen atoms in total. The summed E-state index contributed by atoms with van der Waals surface area (Å²) in [5.41, 5.74) is 0.786. The van der Waals surface area contributed by atoms with Crippen molar-refractivity contribution in [1.82, 2.24) is 4.90 Å². The number of hydrogen-bond acceptors (Lipinski definition) is 2. The number of likely N-dealkylation sites (tertiary alicyclic amines) is 1. The molecule has 0 aromatic carbocycles.